The molecule has 2 N–H and O–H groups in total. The van der Waals surface area contributed by atoms with Crippen molar-refractivity contribution in [2.75, 3.05) is 5.32 Å². The van der Waals surface area contributed by atoms with Crippen LogP contribution in [0.3, 0.4) is 0 Å². The number of anilines is 1. The Balaban J connectivity index is 1.80. The molecular formula is C12H10N6O. The molecular weight excluding hydrogens is 244 g/mol. The van der Waals surface area contributed by atoms with Gasteiger partial charge in [0.1, 0.15) is 0 Å². The lowest BCUT2D eigenvalue weighted by atomic mass is 10.3. The number of hydrogen-bond acceptors (Lipinski definition) is 4. The Morgan fingerprint density at radius 2 is 2.11 bits per heavy atom. The third-order valence-electron chi connectivity index (χ3n) is 2.50. The molecule has 0 fully saturated rings. The zero-order valence-corrected chi connectivity index (χ0v) is 9.82. The molecule has 0 aliphatic heterocycles. The average molecular weight is 254 g/mol. The van der Waals surface area contributed by atoms with Gasteiger partial charge in [0, 0.05) is 6.20 Å². The summed E-state index contributed by atoms with van der Waals surface area (Å²) in [6.45, 7) is 0. The van der Waals surface area contributed by atoms with Crippen molar-refractivity contribution in [1.29, 1.82) is 0 Å². The zero-order valence-electron chi connectivity index (χ0n) is 9.82. The molecule has 0 saturated heterocycles. The van der Waals surface area contributed by atoms with E-state index in [0.717, 1.165) is 5.69 Å². The number of benzene rings is 1. The minimum atomic E-state index is -0.330. The lowest BCUT2D eigenvalue weighted by Crippen LogP contribution is -2.11. The highest BCUT2D eigenvalue weighted by Gasteiger charge is 2.11. The van der Waals surface area contributed by atoms with Crippen LogP contribution in [0.4, 0.5) is 5.69 Å². The van der Waals surface area contributed by atoms with Crippen LogP contribution in [0.25, 0.3) is 5.69 Å². The van der Waals surface area contributed by atoms with Gasteiger partial charge >= 0.3 is 0 Å². The second-order valence-electron chi connectivity index (χ2n) is 3.83. The van der Waals surface area contributed by atoms with Crippen molar-refractivity contribution in [3.05, 3.63) is 54.6 Å². The van der Waals surface area contributed by atoms with Gasteiger partial charge in [-0.25, -0.2) is 4.68 Å². The molecule has 0 bridgehead atoms. The number of nitrogens with one attached hydrogen (secondary N) is 2. The van der Waals surface area contributed by atoms with Crippen molar-refractivity contribution >= 4 is 11.6 Å². The lowest BCUT2D eigenvalue weighted by Gasteiger charge is -1.98. The number of nitrogens with zero attached hydrogens (tertiary/aromatic N) is 4. The number of hydrogen-bond donors (Lipinski definition) is 2. The van der Waals surface area contributed by atoms with E-state index in [-0.39, 0.29) is 11.6 Å². The lowest BCUT2D eigenvalue weighted by molar-refractivity contribution is 0.102. The molecule has 0 spiro atoms. The fourth-order valence-electron chi connectivity index (χ4n) is 1.59. The van der Waals surface area contributed by atoms with Crippen molar-refractivity contribution in [3.63, 3.8) is 0 Å². The molecule has 1 aromatic carbocycles. The summed E-state index contributed by atoms with van der Waals surface area (Å²) in [6.07, 6.45) is 4.67. The third kappa shape index (κ3) is 2.34. The van der Waals surface area contributed by atoms with Crippen molar-refractivity contribution in [3.8, 4) is 5.69 Å². The topological polar surface area (TPSA) is 88.5 Å². The van der Waals surface area contributed by atoms with Crippen LogP contribution in [0.2, 0.25) is 0 Å². The van der Waals surface area contributed by atoms with Gasteiger partial charge in [-0.15, -0.1) is 5.10 Å². The first kappa shape index (κ1) is 11.1. The molecule has 0 atom stereocenters. The van der Waals surface area contributed by atoms with Crippen LogP contribution in [0.15, 0.2) is 48.9 Å². The van der Waals surface area contributed by atoms with Crippen molar-refractivity contribution in [2.24, 2.45) is 0 Å². The minimum absolute atomic E-state index is 0.241. The Morgan fingerprint density at radius 1 is 1.26 bits per heavy atom. The van der Waals surface area contributed by atoms with Gasteiger partial charge in [0.25, 0.3) is 5.91 Å². The van der Waals surface area contributed by atoms with Gasteiger partial charge in [-0.05, 0) is 12.1 Å². The summed E-state index contributed by atoms with van der Waals surface area (Å²) in [4.78, 5) is 11.9. The minimum Gasteiger partial charge on any atom is -0.318 e. The Bertz CT molecular complexity index is 673. The number of para-hydroxylation sites is 1. The first-order chi connectivity index (χ1) is 9.33. The predicted molar refractivity (Wildman–Crippen MR) is 67.9 cm³/mol. The van der Waals surface area contributed by atoms with Gasteiger partial charge in [-0.3, -0.25) is 9.89 Å². The van der Waals surface area contributed by atoms with Gasteiger partial charge in [0.15, 0.2) is 5.69 Å². The van der Waals surface area contributed by atoms with Crippen LogP contribution in [-0.2, 0) is 0 Å². The zero-order chi connectivity index (χ0) is 13.1. The highest BCUT2D eigenvalue weighted by Crippen LogP contribution is 2.08. The molecule has 0 radical (unpaired) electrons. The molecule has 3 aromatic rings. The summed E-state index contributed by atoms with van der Waals surface area (Å²) in [5, 5.41) is 16.8. The molecule has 2 aromatic heterocycles. The van der Waals surface area contributed by atoms with Crippen LogP contribution in [-0.4, -0.2) is 31.1 Å². The molecule has 7 heteroatoms. The Labute approximate surface area is 108 Å². The molecule has 0 saturated carbocycles. The monoisotopic (exact) mass is 254 g/mol. The summed E-state index contributed by atoms with van der Waals surface area (Å²) >= 11 is 0. The molecule has 0 aliphatic carbocycles. The van der Waals surface area contributed by atoms with Crippen LogP contribution in [0.1, 0.15) is 10.5 Å². The second kappa shape index (κ2) is 4.73. The first-order valence-electron chi connectivity index (χ1n) is 5.61. The Morgan fingerprint density at radius 3 is 2.84 bits per heavy atom. The molecule has 19 heavy (non-hydrogen) atoms. The van der Waals surface area contributed by atoms with Crippen molar-refractivity contribution in [1.82, 2.24) is 25.2 Å². The van der Waals surface area contributed by atoms with Gasteiger partial charge < -0.3 is 5.32 Å². The Hall–Kier alpha value is -2.96. The summed E-state index contributed by atoms with van der Waals surface area (Å²) in [6, 6.07) is 9.45. The predicted octanol–water partition coefficient (Wildman–Crippen LogP) is 1.24. The van der Waals surface area contributed by atoms with E-state index in [9.17, 15) is 4.79 Å². The second-order valence-corrected chi connectivity index (χ2v) is 3.83. The molecule has 7 nitrogen and oxygen atoms in total. The largest absolute Gasteiger partial charge is 0.318 e. The fraction of sp³-hybridized carbons (Fsp3) is 0. The van der Waals surface area contributed by atoms with Crippen molar-refractivity contribution < 1.29 is 4.79 Å². The quantitative estimate of drug-likeness (QED) is 0.736. The summed E-state index contributed by atoms with van der Waals surface area (Å²) in [7, 11) is 0. The number of amides is 1. The number of aromatic nitrogens is 5. The molecule has 0 aliphatic rings. The van der Waals surface area contributed by atoms with E-state index < -0.39 is 0 Å². The normalized spacial score (nSPS) is 10.3. The molecule has 1 amide bonds. The standard InChI is InChI=1S/C12H10N6O/c19-12(15-9-6-13-14-7-9)11-8-18(17-16-11)10-4-2-1-3-5-10/h1-8H,(H,13,14)(H,15,19). The van der Waals surface area contributed by atoms with Crippen molar-refractivity contribution in [2.45, 2.75) is 0 Å². The van der Waals surface area contributed by atoms with Crippen LogP contribution in [0, 0.1) is 0 Å². The van der Waals surface area contributed by atoms with Gasteiger partial charge in [-0.2, -0.15) is 5.10 Å². The highest BCUT2D eigenvalue weighted by molar-refractivity contribution is 6.02. The van der Waals surface area contributed by atoms with E-state index in [1.807, 2.05) is 30.3 Å². The fourth-order valence-corrected chi connectivity index (χ4v) is 1.59. The van der Waals surface area contributed by atoms with Crippen LogP contribution < -0.4 is 5.32 Å². The number of rotatable bonds is 3. The maximum atomic E-state index is 11.9. The Kier molecular flexibility index (Phi) is 2.77. The van der Waals surface area contributed by atoms with E-state index in [4.69, 9.17) is 0 Å². The first-order valence-corrected chi connectivity index (χ1v) is 5.61. The third-order valence-corrected chi connectivity index (χ3v) is 2.50. The molecule has 3 rings (SSSR count). The van der Waals surface area contributed by atoms with E-state index in [1.165, 1.54) is 6.20 Å². The number of carbonyl (C=O) groups excluding carboxylic acids is 1. The smallest absolute Gasteiger partial charge is 0.277 e. The summed E-state index contributed by atoms with van der Waals surface area (Å²) in [5.41, 5.74) is 1.67. The molecule has 94 valence electrons. The van der Waals surface area contributed by atoms with E-state index in [0.29, 0.717) is 5.69 Å². The summed E-state index contributed by atoms with van der Waals surface area (Å²) in [5.74, 6) is -0.330. The summed E-state index contributed by atoms with van der Waals surface area (Å²) < 4.78 is 1.55. The highest BCUT2D eigenvalue weighted by atomic mass is 16.2. The van der Waals surface area contributed by atoms with Gasteiger partial charge in [-0.1, -0.05) is 23.4 Å². The SMILES string of the molecule is O=C(Nc1cn[nH]c1)c1cn(-c2ccccc2)nn1. The van der Waals surface area contributed by atoms with E-state index >= 15 is 0 Å². The molecule has 0 unspecified atom stereocenters. The maximum absolute atomic E-state index is 11.9. The van der Waals surface area contributed by atoms with E-state index in [1.54, 1.807) is 17.1 Å². The number of carbonyl (C=O) groups is 1. The maximum Gasteiger partial charge on any atom is 0.277 e. The molecule has 2 heterocycles. The van der Waals surface area contributed by atoms with E-state index in [2.05, 4.69) is 25.8 Å². The van der Waals surface area contributed by atoms with Gasteiger partial charge in [0.2, 0.25) is 0 Å². The average Bonchev–Trinajstić information content (AvgIpc) is 3.10. The van der Waals surface area contributed by atoms with Crippen LogP contribution in [0.5, 0.6) is 0 Å². The van der Waals surface area contributed by atoms with Crippen LogP contribution >= 0.6 is 0 Å². The van der Waals surface area contributed by atoms with Gasteiger partial charge in [0.05, 0.1) is 23.8 Å². The number of H-pyrrole nitrogens is 1. The number of aromatic amines is 1.